The molecule has 7 heteroatoms. The number of hydrogen-bond acceptors (Lipinski definition) is 5. The predicted molar refractivity (Wildman–Crippen MR) is 113 cm³/mol. The van der Waals surface area contributed by atoms with Crippen LogP contribution in [0.15, 0.2) is 39.1 Å². The molecule has 0 saturated heterocycles. The van der Waals surface area contributed by atoms with E-state index in [9.17, 15) is 9.59 Å². The number of rotatable bonds is 7. The molecule has 0 radical (unpaired) electrons. The number of carbonyl (C=O) groups excluding carboxylic acids is 1. The molecular weight excluding hydrogens is 378 g/mol. The number of benzene rings is 1. The number of anilines is 1. The maximum Gasteiger partial charge on any atom is 0.267 e. The fourth-order valence-corrected chi connectivity index (χ4v) is 4.90. The SMILES string of the molecule is CCCCc1ccc(NC(=O)CSc2nc3c(c(=O)n2C)S[C@@H](C)C3)cc1. The normalized spacial score (nSPS) is 15.6. The standard InChI is InChI=1S/C20H25N3O2S2/c1-4-5-6-14-7-9-15(10-8-14)21-17(24)12-26-20-22-16-11-13(2)27-18(16)19(25)23(20)3/h7-10,13H,4-6,11-12H2,1-3H3,(H,21,24)/t13-/m0/s1. The van der Waals surface area contributed by atoms with Crippen molar-refractivity contribution in [3.05, 3.63) is 45.9 Å². The average molecular weight is 404 g/mol. The van der Waals surface area contributed by atoms with Crippen LogP contribution in [0, 0.1) is 0 Å². The lowest BCUT2D eigenvalue weighted by molar-refractivity contribution is -0.113. The topological polar surface area (TPSA) is 64.0 Å². The van der Waals surface area contributed by atoms with Crippen LogP contribution in [0.4, 0.5) is 5.69 Å². The highest BCUT2D eigenvalue weighted by atomic mass is 32.2. The molecule has 1 aliphatic rings. The summed E-state index contributed by atoms with van der Waals surface area (Å²) in [6, 6.07) is 8.00. The number of nitrogens with one attached hydrogen (secondary N) is 1. The van der Waals surface area contributed by atoms with Gasteiger partial charge >= 0.3 is 0 Å². The Morgan fingerprint density at radius 3 is 2.81 bits per heavy atom. The summed E-state index contributed by atoms with van der Waals surface area (Å²) in [4.78, 5) is 30.1. The molecule has 0 unspecified atom stereocenters. The summed E-state index contributed by atoms with van der Waals surface area (Å²) in [5.41, 5.74) is 2.93. The third kappa shape index (κ3) is 4.96. The Morgan fingerprint density at radius 2 is 2.11 bits per heavy atom. The number of aryl methyl sites for hydroxylation is 1. The minimum atomic E-state index is -0.0983. The van der Waals surface area contributed by atoms with Crippen LogP contribution in [0.2, 0.25) is 0 Å². The molecule has 2 heterocycles. The van der Waals surface area contributed by atoms with E-state index in [1.807, 2.05) is 12.1 Å². The molecule has 2 aromatic rings. The number of unbranched alkanes of at least 4 members (excludes halogenated alkanes) is 1. The molecule has 27 heavy (non-hydrogen) atoms. The number of hydrogen-bond donors (Lipinski definition) is 1. The molecule has 144 valence electrons. The Bertz CT molecular complexity index is 878. The van der Waals surface area contributed by atoms with Crippen molar-refractivity contribution in [2.45, 2.75) is 54.8 Å². The van der Waals surface area contributed by atoms with Crippen molar-refractivity contribution in [1.29, 1.82) is 0 Å². The van der Waals surface area contributed by atoms with Gasteiger partial charge in [0.15, 0.2) is 5.16 Å². The van der Waals surface area contributed by atoms with E-state index in [-0.39, 0.29) is 17.2 Å². The number of aromatic nitrogens is 2. The lowest BCUT2D eigenvalue weighted by Crippen LogP contribution is -2.23. The van der Waals surface area contributed by atoms with Gasteiger partial charge in [0.05, 0.1) is 16.3 Å². The fourth-order valence-electron chi connectivity index (χ4n) is 2.97. The zero-order valence-electron chi connectivity index (χ0n) is 15.9. The van der Waals surface area contributed by atoms with Crippen LogP contribution in [0.5, 0.6) is 0 Å². The molecule has 0 aliphatic carbocycles. The van der Waals surface area contributed by atoms with E-state index >= 15 is 0 Å². The zero-order chi connectivity index (χ0) is 19.4. The molecule has 5 nitrogen and oxygen atoms in total. The van der Waals surface area contributed by atoms with E-state index < -0.39 is 0 Å². The van der Waals surface area contributed by atoms with Gasteiger partial charge in [-0.25, -0.2) is 4.98 Å². The molecular formula is C20H25N3O2S2. The van der Waals surface area contributed by atoms with Gasteiger partial charge in [-0.1, -0.05) is 44.2 Å². The van der Waals surface area contributed by atoms with Gasteiger partial charge in [-0.15, -0.1) is 11.8 Å². The van der Waals surface area contributed by atoms with Crippen LogP contribution < -0.4 is 10.9 Å². The number of nitrogens with zero attached hydrogens (tertiary/aromatic N) is 2. The van der Waals surface area contributed by atoms with E-state index in [0.29, 0.717) is 10.4 Å². The van der Waals surface area contributed by atoms with E-state index in [2.05, 4.69) is 36.3 Å². The number of thioether (sulfide) groups is 2. The van der Waals surface area contributed by atoms with Crippen molar-refractivity contribution in [2.75, 3.05) is 11.1 Å². The highest BCUT2D eigenvalue weighted by Gasteiger charge is 2.25. The maximum absolute atomic E-state index is 12.5. The molecule has 1 N–H and O–H groups in total. The number of amides is 1. The molecule has 0 fully saturated rings. The maximum atomic E-state index is 12.5. The van der Waals surface area contributed by atoms with Gasteiger partial charge in [0.25, 0.3) is 5.56 Å². The summed E-state index contributed by atoms with van der Waals surface area (Å²) in [5, 5.41) is 3.88. The molecule has 1 aromatic heterocycles. The first-order chi connectivity index (χ1) is 13.0. The molecule has 0 spiro atoms. The van der Waals surface area contributed by atoms with Crippen LogP contribution in [-0.2, 0) is 24.7 Å². The lowest BCUT2D eigenvalue weighted by Gasteiger charge is -2.10. The molecule has 3 rings (SSSR count). The second kappa shape index (κ2) is 8.97. The number of carbonyl (C=O) groups is 1. The monoisotopic (exact) mass is 403 g/mol. The summed E-state index contributed by atoms with van der Waals surface area (Å²) >= 11 is 2.89. The Morgan fingerprint density at radius 1 is 1.37 bits per heavy atom. The smallest absolute Gasteiger partial charge is 0.267 e. The Kier molecular flexibility index (Phi) is 6.65. The molecule has 0 saturated carbocycles. The molecule has 1 aliphatic heterocycles. The van der Waals surface area contributed by atoms with Gasteiger partial charge in [-0.05, 0) is 30.5 Å². The summed E-state index contributed by atoms with van der Waals surface area (Å²) in [6.07, 6.45) is 4.22. The third-order valence-electron chi connectivity index (χ3n) is 4.47. The van der Waals surface area contributed by atoms with Crippen LogP contribution in [0.3, 0.4) is 0 Å². The third-order valence-corrected chi connectivity index (χ3v) is 6.71. The first-order valence-corrected chi connectivity index (χ1v) is 11.1. The molecule has 1 atom stereocenters. The number of fused-ring (bicyclic) bond motifs is 1. The highest BCUT2D eigenvalue weighted by Crippen LogP contribution is 2.33. The summed E-state index contributed by atoms with van der Waals surface area (Å²) in [6.45, 7) is 4.27. The summed E-state index contributed by atoms with van der Waals surface area (Å²) in [7, 11) is 1.72. The van der Waals surface area contributed by atoms with E-state index in [0.717, 1.165) is 29.1 Å². The first-order valence-electron chi connectivity index (χ1n) is 9.26. The fraction of sp³-hybridized carbons (Fsp3) is 0.450. The van der Waals surface area contributed by atoms with E-state index in [1.54, 1.807) is 23.4 Å². The van der Waals surface area contributed by atoms with Crippen molar-refractivity contribution in [2.24, 2.45) is 7.05 Å². The average Bonchev–Trinajstić information content (AvgIpc) is 3.03. The van der Waals surface area contributed by atoms with Crippen LogP contribution >= 0.6 is 23.5 Å². The minimum absolute atomic E-state index is 0.0140. The first kappa shape index (κ1) is 20.0. The van der Waals surface area contributed by atoms with E-state index in [4.69, 9.17) is 0 Å². The minimum Gasteiger partial charge on any atom is -0.325 e. The lowest BCUT2D eigenvalue weighted by atomic mass is 10.1. The van der Waals surface area contributed by atoms with Crippen LogP contribution in [0.25, 0.3) is 0 Å². The van der Waals surface area contributed by atoms with Crippen molar-refractivity contribution >= 4 is 35.1 Å². The summed E-state index contributed by atoms with van der Waals surface area (Å²) in [5.74, 6) is 0.123. The van der Waals surface area contributed by atoms with Gasteiger partial charge < -0.3 is 5.32 Å². The van der Waals surface area contributed by atoms with Crippen molar-refractivity contribution in [1.82, 2.24) is 9.55 Å². The largest absolute Gasteiger partial charge is 0.325 e. The molecule has 1 amide bonds. The predicted octanol–water partition coefficient (Wildman–Crippen LogP) is 3.89. The van der Waals surface area contributed by atoms with E-state index in [1.165, 1.54) is 30.2 Å². The van der Waals surface area contributed by atoms with Gasteiger partial charge in [0.1, 0.15) is 0 Å². The van der Waals surface area contributed by atoms with Crippen LogP contribution in [-0.4, -0.2) is 26.5 Å². The summed E-state index contributed by atoms with van der Waals surface area (Å²) < 4.78 is 1.55. The van der Waals surface area contributed by atoms with Gasteiger partial charge in [-0.3, -0.25) is 14.2 Å². The van der Waals surface area contributed by atoms with Crippen LogP contribution in [0.1, 0.15) is 37.9 Å². The van der Waals surface area contributed by atoms with Crippen molar-refractivity contribution in [3.63, 3.8) is 0 Å². The second-order valence-corrected chi connectivity index (χ2v) is 9.20. The Hall–Kier alpha value is -1.73. The van der Waals surface area contributed by atoms with Gasteiger partial charge in [0.2, 0.25) is 5.91 Å². The Labute approximate surface area is 168 Å². The Balaban J connectivity index is 1.59. The zero-order valence-corrected chi connectivity index (χ0v) is 17.6. The van der Waals surface area contributed by atoms with Gasteiger partial charge in [0, 0.05) is 24.4 Å². The molecule has 1 aromatic carbocycles. The molecule has 0 bridgehead atoms. The quantitative estimate of drug-likeness (QED) is 0.561. The second-order valence-electron chi connectivity index (χ2n) is 6.80. The van der Waals surface area contributed by atoms with Gasteiger partial charge in [-0.2, -0.15) is 0 Å². The van der Waals surface area contributed by atoms with Crippen molar-refractivity contribution < 1.29 is 4.79 Å². The van der Waals surface area contributed by atoms with Crippen molar-refractivity contribution in [3.8, 4) is 0 Å². The highest BCUT2D eigenvalue weighted by molar-refractivity contribution is 8.00.